The lowest BCUT2D eigenvalue weighted by Gasteiger charge is -2.15. The summed E-state index contributed by atoms with van der Waals surface area (Å²) in [6.45, 7) is 0. The minimum absolute atomic E-state index is 0.920. The van der Waals surface area contributed by atoms with Gasteiger partial charge in [-0.25, -0.2) is 0 Å². The van der Waals surface area contributed by atoms with E-state index in [1.807, 2.05) is 36.9 Å². The third-order valence-electron chi connectivity index (χ3n) is 7.61. The number of benzene rings is 4. The molecule has 0 bridgehead atoms. The van der Waals surface area contributed by atoms with Gasteiger partial charge in [0.1, 0.15) is 0 Å². The van der Waals surface area contributed by atoms with Crippen LogP contribution in [0.15, 0.2) is 134 Å². The average molecular weight is 511 g/mol. The van der Waals surface area contributed by atoms with Gasteiger partial charge in [0.05, 0.1) is 22.1 Å². The van der Waals surface area contributed by atoms with Gasteiger partial charge in [-0.15, -0.1) is 0 Å². The molecule has 0 spiro atoms. The Morgan fingerprint density at radius 3 is 1.20 bits per heavy atom. The van der Waals surface area contributed by atoms with Crippen molar-refractivity contribution in [3.8, 4) is 33.4 Å². The summed E-state index contributed by atoms with van der Waals surface area (Å²) in [5, 5.41) is 4.34. The zero-order valence-corrected chi connectivity index (χ0v) is 21.5. The van der Waals surface area contributed by atoms with Crippen LogP contribution in [0.2, 0.25) is 0 Å². The van der Waals surface area contributed by atoms with Crippen LogP contribution in [0.4, 0.5) is 0 Å². The molecule has 4 nitrogen and oxygen atoms in total. The molecule has 0 radical (unpaired) electrons. The first-order valence-electron chi connectivity index (χ1n) is 13.3. The summed E-state index contributed by atoms with van der Waals surface area (Å²) in [6, 6.07) is 38.1. The molecule has 0 atom stereocenters. The number of hydrogen-bond donors (Lipinski definition) is 0. The summed E-state index contributed by atoms with van der Waals surface area (Å²) in [7, 11) is 0. The molecule has 4 heteroatoms. The SMILES string of the molecule is c1ccc(-c2ccccc2-c2cnc3c(ccc4cccnc43)c2)c(-c2cnc3c(ccc4cccnc43)c2)c1. The molecular formula is C36H22N4. The first kappa shape index (κ1) is 22.5. The molecule has 0 saturated carbocycles. The Labute approximate surface area is 230 Å². The van der Waals surface area contributed by atoms with Crippen LogP contribution in [0, 0.1) is 0 Å². The molecule has 0 fully saturated rings. The van der Waals surface area contributed by atoms with Crippen LogP contribution >= 0.6 is 0 Å². The highest BCUT2D eigenvalue weighted by Crippen LogP contribution is 2.39. The van der Waals surface area contributed by atoms with E-state index in [1.165, 1.54) is 0 Å². The van der Waals surface area contributed by atoms with Crippen LogP contribution in [-0.2, 0) is 0 Å². The largest absolute Gasteiger partial charge is 0.254 e. The van der Waals surface area contributed by atoms with Crippen molar-refractivity contribution in [1.29, 1.82) is 0 Å². The van der Waals surface area contributed by atoms with Gasteiger partial charge in [-0.3, -0.25) is 19.9 Å². The monoisotopic (exact) mass is 510 g/mol. The van der Waals surface area contributed by atoms with Gasteiger partial charge in [0, 0.05) is 57.5 Å². The fourth-order valence-corrected chi connectivity index (χ4v) is 5.71. The number of hydrogen-bond acceptors (Lipinski definition) is 4. The van der Waals surface area contributed by atoms with Crippen molar-refractivity contribution in [1.82, 2.24) is 19.9 Å². The van der Waals surface area contributed by atoms with Crippen molar-refractivity contribution in [2.75, 3.05) is 0 Å². The summed E-state index contributed by atoms with van der Waals surface area (Å²) < 4.78 is 0. The molecule has 4 heterocycles. The molecule has 0 N–H and O–H groups in total. The maximum atomic E-state index is 4.88. The molecule has 0 amide bonds. The first-order valence-corrected chi connectivity index (χ1v) is 13.3. The zero-order chi connectivity index (χ0) is 26.5. The molecule has 4 aromatic carbocycles. The standard InChI is InChI=1S/C36H22N4/c1-3-11-31(29(9-1)27-19-25-15-13-23-7-5-17-37-33(23)35(25)39-21-27)32-12-4-2-10-30(32)28-20-26-16-14-24-8-6-18-38-34(24)36(26)40-22-28/h1-22H. The molecule has 0 aliphatic carbocycles. The summed E-state index contributed by atoms with van der Waals surface area (Å²) in [4.78, 5) is 18.9. The molecule has 8 rings (SSSR count). The molecule has 4 aromatic heterocycles. The lowest BCUT2D eigenvalue weighted by molar-refractivity contribution is 1.37. The van der Waals surface area contributed by atoms with Crippen LogP contribution in [0.25, 0.3) is 77.0 Å². The van der Waals surface area contributed by atoms with Gasteiger partial charge in [0.15, 0.2) is 0 Å². The second kappa shape index (κ2) is 9.07. The highest BCUT2D eigenvalue weighted by Gasteiger charge is 2.14. The van der Waals surface area contributed by atoms with Crippen LogP contribution < -0.4 is 0 Å². The number of pyridine rings is 4. The van der Waals surface area contributed by atoms with Gasteiger partial charge < -0.3 is 0 Å². The summed E-state index contributed by atoms with van der Waals surface area (Å²) in [5.74, 6) is 0. The van der Waals surface area contributed by atoms with Crippen LogP contribution in [0.3, 0.4) is 0 Å². The Kier molecular flexibility index (Phi) is 5.10. The zero-order valence-electron chi connectivity index (χ0n) is 21.5. The third kappa shape index (κ3) is 3.62. The average Bonchev–Trinajstić information content (AvgIpc) is 3.04. The van der Waals surface area contributed by atoms with E-state index < -0.39 is 0 Å². The lowest BCUT2D eigenvalue weighted by Crippen LogP contribution is -1.92. The molecule has 40 heavy (non-hydrogen) atoms. The Morgan fingerprint density at radius 2 is 0.725 bits per heavy atom. The van der Waals surface area contributed by atoms with Gasteiger partial charge in [-0.1, -0.05) is 84.9 Å². The normalized spacial score (nSPS) is 11.5. The van der Waals surface area contributed by atoms with Gasteiger partial charge in [0.25, 0.3) is 0 Å². The van der Waals surface area contributed by atoms with Crippen LogP contribution in [0.1, 0.15) is 0 Å². The summed E-state index contributed by atoms with van der Waals surface area (Å²) in [5.41, 5.74) is 10.4. The first-order chi connectivity index (χ1) is 19.8. The third-order valence-corrected chi connectivity index (χ3v) is 7.61. The quantitative estimate of drug-likeness (QED) is 0.223. The Morgan fingerprint density at radius 1 is 0.325 bits per heavy atom. The highest BCUT2D eigenvalue weighted by atomic mass is 14.7. The van der Waals surface area contributed by atoms with Gasteiger partial charge >= 0.3 is 0 Å². The number of aromatic nitrogens is 4. The minimum atomic E-state index is 0.920. The van der Waals surface area contributed by atoms with Crippen LogP contribution in [-0.4, -0.2) is 19.9 Å². The van der Waals surface area contributed by atoms with Gasteiger partial charge in [-0.2, -0.15) is 0 Å². The molecule has 0 unspecified atom stereocenters. The minimum Gasteiger partial charge on any atom is -0.254 e. The predicted molar refractivity (Wildman–Crippen MR) is 164 cm³/mol. The summed E-state index contributed by atoms with van der Waals surface area (Å²) in [6.07, 6.45) is 7.58. The van der Waals surface area contributed by atoms with Crippen LogP contribution in [0.5, 0.6) is 0 Å². The van der Waals surface area contributed by atoms with E-state index in [1.54, 1.807) is 0 Å². The Hall–Kier alpha value is -5.48. The van der Waals surface area contributed by atoms with E-state index in [4.69, 9.17) is 9.97 Å². The molecule has 0 aliphatic rings. The topological polar surface area (TPSA) is 51.6 Å². The fraction of sp³-hybridized carbons (Fsp3) is 0. The van der Waals surface area contributed by atoms with Crippen molar-refractivity contribution >= 4 is 43.6 Å². The Bertz CT molecular complexity index is 2080. The van der Waals surface area contributed by atoms with Gasteiger partial charge in [-0.05, 0) is 46.5 Å². The van der Waals surface area contributed by atoms with E-state index in [-0.39, 0.29) is 0 Å². The van der Waals surface area contributed by atoms with Crippen molar-refractivity contribution in [2.45, 2.75) is 0 Å². The van der Waals surface area contributed by atoms with Gasteiger partial charge in [0.2, 0.25) is 0 Å². The predicted octanol–water partition coefficient (Wildman–Crippen LogP) is 8.88. The van der Waals surface area contributed by atoms with E-state index in [9.17, 15) is 0 Å². The molecule has 0 saturated heterocycles. The number of rotatable bonds is 3. The summed E-state index contributed by atoms with van der Waals surface area (Å²) >= 11 is 0. The lowest BCUT2D eigenvalue weighted by atomic mass is 9.89. The van der Waals surface area contributed by atoms with Crippen molar-refractivity contribution in [2.24, 2.45) is 0 Å². The second-order valence-corrected chi connectivity index (χ2v) is 9.96. The smallest absolute Gasteiger partial charge is 0.0964 e. The van der Waals surface area contributed by atoms with Crippen molar-refractivity contribution in [3.63, 3.8) is 0 Å². The van der Waals surface area contributed by atoms with Crippen molar-refractivity contribution in [3.05, 3.63) is 134 Å². The molecule has 186 valence electrons. The number of fused-ring (bicyclic) bond motifs is 6. The Balaban J connectivity index is 1.28. The van der Waals surface area contributed by atoms with E-state index >= 15 is 0 Å². The maximum absolute atomic E-state index is 4.88. The fourth-order valence-electron chi connectivity index (χ4n) is 5.71. The maximum Gasteiger partial charge on any atom is 0.0964 e. The second-order valence-electron chi connectivity index (χ2n) is 9.96. The van der Waals surface area contributed by atoms with Crippen molar-refractivity contribution < 1.29 is 0 Å². The highest BCUT2D eigenvalue weighted by molar-refractivity contribution is 6.05. The van der Waals surface area contributed by atoms with E-state index in [0.717, 1.165) is 77.0 Å². The molecule has 0 aliphatic heterocycles. The van der Waals surface area contributed by atoms with E-state index in [2.05, 4.69) is 107 Å². The molecular weight excluding hydrogens is 488 g/mol. The van der Waals surface area contributed by atoms with E-state index in [0.29, 0.717) is 0 Å². The number of nitrogens with zero attached hydrogens (tertiary/aromatic N) is 4. The molecule has 8 aromatic rings.